The van der Waals surface area contributed by atoms with Crippen molar-refractivity contribution in [3.63, 3.8) is 0 Å². The molecule has 0 spiro atoms. The molecule has 8 rings (SSSR count). The van der Waals surface area contributed by atoms with Gasteiger partial charge in [-0.05, 0) is 28.3 Å². The average molecular weight is 539 g/mol. The van der Waals surface area contributed by atoms with Gasteiger partial charge in [0.25, 0.3) is 0 Å². The largest absolute Gasteiger partial charge is 0.292 e. The average Bonchev–Trinajstić information content (AvgIpc) is 3.50. The van der Waals surface area contributed by atoms with Crippen LogP contribution in [0.25, 0.3) is 61.4 Å². The molecule has 0 aliphatic heterocycles. The van der Waals surface area contributed by atoms with Crippen molar-refractivity contribution in [2.24, 2.45) is 0 Å². The van der Waals surface area contributed by atoms with Gasteiger partial charge in [0.05, 0.1) is 16.7 Å². The van der Waals surface area contributed by atoms with Crippen LogP contribution in [0.3, 0.4) is 0 Å². The van der Waals surface area contributed by atoms with Crippen LogP contribution in [0.15, 0.2) is 121 Å². The van der Waals surface area contributed by atoms with E-state index in [1.807, 2.05) is 60.7 Å². The van der Waals surface area contributed by atoms with Gasteiger partial charge in [-0.3, -0.25) is 4.57 Å². The van der Waals surface area contributed by atoms with E-state index in [9.17, 15) is 5.26 Å². The van der Waals surface area contributed by atoms with E-state index < -0.39 is 0 Å². The number of benzene rings is 5. The molecule has 0 saturated carbocycles. The Bertz CT molecular complexity index is 2220. The van der Waals surface area contributed by atoms with Crippen molar-refractivity contribution < 1.29 is 0 Å². The van der Waals surface area contributed by atoms with E-state index in [1.54, 1.807) is 0 Å². The van der Waals surface area contributed by atoms with Crippen molar-refractivity contribution in [1.82, 2.24) is 14.5 Å². The summed E-state index contributed by atoms with van der Waals surface area (Å²) in [6.07, 6.45) is 0. The molecule has 2 heterocycles. The Morgan fingerprint density at radius 3 is 2.07 bits per heavy atom. The smallest absolute Gasteiger partial charge is 0.162 e. The summed E-state index contributed by atoms with van der Waals surface area (Å²) in [6.45, 7) is 4.60. The molecule has 0 atom stereocenters. The van der Waals surface area contributed by atoms with Crippen molar-refractivity contribution >= 4 is 21.8 Å². The second-order valence-corrected chi connectivity index (χ2v) is 11.3. The van der Waals surface area contributed by atoms with Gasteiger partial charge in [0, 0.05) is 27.3 Å². The Morgan fingerprint density at radius 2 is 1.31 bits per heavy atom. The van der Waals surface area contributed by atoms with Crippen LogP contribution in [0.5, 0.6) is 0 Å². The molecule has 42 heavy (non-hydrogen) atoms. The van der Waals surface area contributed by atoms with Crippen LogP contribution in [-0.4, -0.2) is 14.5 Å². The van der Waals surface area contributed by atoms with Gasteiger partial charge in [-0.1, -0.05) is 129 Å². The first-order valence-corrected chi connectivity index (χ1v) is 14.2. The summed E-state index contributed by atoms with van der Waals surface area (Å²) >= 11 is 0. The fourth-order valence-electron chi connectivity index (χ4n) is 6.77. The SMILES string of the molecule is CC1(C)c2ccccc2-c2ccc3c4ccccc4n(-c4nc(-c5ccccc5)nc(-c5ccccc5)c4C#N)c3c21. The Morgan fingerprint density at radius 1 is 0.643 bits per heavy atom. The number of hydrogen-bond acceptors (Lipinski definition) is 3. The van der Waals surface area contributed by atoms with Crippen LogP contribution in [-0.2, 0) is 5.41 Å². The summed E-state index contributed by atoms with van der Waals surface area (Å²) in [5, 5.41) is 13.0. The molecule has 0 unspecified atom stereocenters. The molecule has 0 fully saturated rings. The summed E-state index contributed by atoms with van der Waals surface area (Å²) in [5.41, 5.74) is 9.77. The van der Waals surface area contributed by atoms with E-state index in [2.05, 4.69) is 85.1 Å². The summed E-state index contributed by atoms with van der Waals surface area (Å²) in [4.78, 5) is 10.2. The standard InChI is InChI=1S/C38H26N4/c1-38(2)31-19-11-9-17-26(31)28-21-22-29-27-18-10-12-20-32(27)42(35(29)33(28)38)37-30(23-39)34(24-13-5-3-6-14-24)40-36(41-37)25-15-7-4-8-16-25/h3-22H,1-2H3. The molecule has 1 aliphatic rings. The second-order valence-electron chi connectivity index (χ2n) is 11.3. The molecule has 0 saturated heterocycles. The number of rotatable bonds is 3. The van der Waals surface area contributed by atoms with Gasteiger partial charge in [0.2, 0.25) is 0 Å². The highest BCUT2D eigenvalue weighted by atomic mass is 15.1. The number of nitrogens with zero attached hydrogens (tertiary/aromatic N) is 4. The Labute approximate surface area is 244 Å². The summed E-state index contributed by atoms with van der Waals surface area (Å²) < 4.78 is 2.22. The molecule has 198 valence electrons. The lowest BCUT2D eigenvalue weighted by molar-refractivity contribution is 0.663. The maximum Gasteiger partial charge on any atom is 0.162 e. The monoisotopic (exact) mass is 538 g/mol. The minimum atomic E-state index is -0.248. The molecule has 0 bridgehead atoms. The fourth-order valence-corrected chi connectivity index (χ4v) is 6.77. The van der Waals surface area contributed by atoms with Crippen LogP contribution in [0, 0.1) is 11.3 Å². The van der Waals surface area contributed by atoms with Crippen LogP contribution in [0.2, 0.25) is 0 Å². The van der Waals surface area contributed by atoms with Crippen molar-refractivity contribution in [1.29, 1.82) is 5.26 Å². The molecule has 0 amide bonds. The normalized spacial score (nSPS) is 13.2. The van der Waals surface area contributed by atoms with Crippen molar-refractivity contribution in [3.8, 4) is 45.7 Å². The third kappa shape index (κ3) is 3.34. The van der Waals surface area contributed by atoms with Crippen LogP contribution in [0.1, 0.15) is 30.5 Å². The fraction of sp³-hybridized carbons (Fsp3) is 0.0789. The molecule has 0 radical (unpaired) electrons. The summed E-state index contributed by atoms with van der Waals surface area (Å²) in [7, 11) is 0. The lowest BCUT2D eigenvalue weighted by Gasteiger charge is -2.24. The van der Waals surface area contributed by atoms with Crippen LogP contribution < -0.4 is 0 Å². The third-order valence-corrected chi connectivity index (χ3v) is 8.64. The number of aromatic nitrogens is 3. The van der Waals surface area contributed by atoms with E-state index in [1.165, 1.54) is 22.3 Å². The van der Waals surface area contributed by atoms with E-state index >= 15 is 0 Å². The first kappa shape index (κ1) is 24.3. The van der Waals surface area contributed by atoms with Gasteiger partial charge in [-0.15, -0.1) is 0 Å². The van der Waals surface area contributed by atoms with E-state index in [-0.39, 0.29) is 5.41 Å². The lowest BCUT2D eigenvalue weighted by Crippen LogP contribution is -2.17. The highest BCUT2D eigenvalue weighted by molar-refractivity contribution is 6.13. The predicted octanol–water partition coefficient (Wildman–Crippen LogP) is 9.09. The minimum Gasteiger partial charge on any atom is -0.292 e. The molecule has 1 aliphatic carbocycles. The van der Waals surface area contributed by atoms with Crippen molar-refractivity contribution in [2.75, 3.05) is 0 Å². The molecular formula is C38H26N4. The number of fused-ring (bicyclic) bond motifs is 7. The van der Waals surface area contributed by atoms with Crippen LogP contribution >= 0.6 is 0 Å². The maximum absolute atomic E-state index is 10.8. The number of hydrogen-bond donors (Lipinski definition) is 0. The first-order chi connectivity index (χ1) is 20.6. The lowest BCUT2D eigenvalue weighted by atomic mass is 9.81. The summed E-state index contributed by atoms with van der Waals surface area (Å²) in [5.74, 6) is 1.18. The van der Waals surface area contributed by atoms with Gasteiger partial charge in [-0.2, -0.15) is 5.26 Å². The van der Waals surface area contributed by atoms with Gasteiger partial charge >= 0.3 is 0 Å². The molecule has 4 heteroatoms. The van der Waals surface area contributed by atoms with Crippen molar-refractivity contribution in [2.45, 2.75) is 19.3 Å². The molecule has 7 aromatic rings. The van der Waals surface area contributed by atoms with E-state index in [0.717, 1.165) is 32.9 Å². The highest BCUT2D eigenvalue weighted by Crippen LogP contribution is 2.53. The zero-order valence-electron chi connectivity index (χ0n) is 23.3. The Hall–Kier alpha value is -5.53. The molecule has 5 aromatic carbocycles. The zero-order valence-corrected chi connectivity index (χ0v) is 23.3. The zero-order chi connectivity index (χ0) is 28.4. The van der Waals surface area contributed by atoms with E-state index in [0.29, 0.717) is 22.9 Å². The molecule has 0 N–H and O–H groups in total. The maximum atomic E-state index is 10.8. The minimum absolute atomic E-state index is 0.248. The Balaban J connectivity index is 1.57. The Kier molecular flexibility index (Phi) is 5.20. The summed E-state index contributed by atoms with van der Waals surface area (Å²) in [6, 6.07) is 44.1. The van der Waals surface area contributed by atoms with Crippen molar-refractivity contribution in [3.05, 3.63) is 138 Å². The van der Waals surface area contributed by atoms with Gasteiger partial charge in [-0.25, -0.2) is 9.97 Å². The number of nitriles is 1. The highest BCUT2D eigenvalue weighted by Gasteiger charge is 2.38. The first-order valence-electron chi connectivity index (χ1n) is 14.2. The molecule has 2 aromatic heterocycles. The van der Waals surface area contributed by atoms with Gasteiger partial charge in [0.1, 0.15) is 11.6 Å². The van der Waals surface area contributed by atoms with Gasteiger partial charge in [0.15, 0.2) is 11.6 Å². The van der Waals surface area contributed by atoms with Crippen LogP contribution in [0.4, 0.5) is 0 Å². The second kappa shape index (κ2) is 8.99. The third-order valence-electron chi connectivity index (χ3n) is 8.64. The van der Waals surface area contributed by atoms with Gasteiger partial charge < -0.3 is 0 Å². The predicted molar refractivity (Wildman–Crippen MR) is 170 cm³/mol. The quantitative estimate of drug-likeness (QED) is 0.225. The molecule has 4 nitrogen and oxygen atoms in total. The topological polar surface area (TPSA) is 54.5 Å². The van der Waals surface area contributed by atoms with E-state index in [4.69, 9.17) is 9.97 Å². The molecular weight excluding hydrogens is 512 g/mol. The number of para-hydroxylation sites is 1.